The van der Waals surface area contributed by atoms with Gasteiger partial charge in [-0.25, -0.2) is 0 Å². The van der Waals surface area contributed by atoms with Crippen molar-refractivity contribution < 1.29 is 5.02 Å². The fourth-order valence-corrected chi connectivity index (χ4v) is 1.98. The van der Waals surface area contributed by atoms with Gasteiger partial charge in [0.2, 0.25) is 0 Å². The summed E-state index contributed by atoms with van der Waals surface area (Å²) < 4.78 is 0. The van der Waals surface area contributed by atoms with Crippen LogP contribution < -0.4 is 0 Å². The monoisotopic (exact) mass is 234 g/mol. The summed E-state index contributed by atoms with van der Waals surface area (Å²) in [6.07, 6.45) is 0. The van der Waals surface area contributed by atoms with E-state index in [2.05, 4.69) is 25.6 Å². The minimum atomic E-state index is -0.281. The molecule has 0 aromatic heterocycles. The van der Waals surface area contributed by atoms with Crippen LogP contribution in [0.15, 0.2) is 0 Å². The number of alkyl halides is 1. The quantitative estimate of drug-likeness (QED) is 0.555. The molecule has 0 aromatic carbocycles. The lowest BCUT2D eigenvalue weighted by atomic mass is 9.84. The van der Waals surface area contributed by atoms with Crippen LogP contribution in [0.25, 0.3) is 0 Å². The van der Waals surface area contributed by atoms with Crippen LogP contribution in [0.3, 0.4) is 0 Å². The summed E-state index contributed by atoms with van der Waals surface area (Å²) in [5, 5.41) is 10.3. The van der Waals surface area contributed by atoms with E-state index in [0.29, 0.717) is 0 Å². The molecule has 70 valence electrons. The first kappa shape index (κ1) is 10.5. The molecule has 1 N–H and O–H groups in total. The number of piperazine rings is 1. The SMILES string of the molecule is CB(O)N1CCN(CCBr)CC1. The summed E-state index contributed by atoms with van der Waals surface area (Å²) >= 11 is 3.42. The maximum Gasteiger partial charge on any atom is 0.376 e. The van der Waals surface area contributed by atoms with Crippen LogP contribution >= 0.6 is 15.9 Å². The average Bonchev–Trinajstić information content (AvgIpc) is 2.06. The number of rotatable bonds is 3. The van der Waals surface area contributed by atoms with Crippen molar-refractivity contribution in [1.29, 1.82) is 0 Å². The number of halogens is 1. The summed E-state index contributed by atoms with van der Waals surface area (Å²) in [5.74, 6) is 0. The molecule has 1 fully saturated rings. The van der Waals surface area contributed by atoms with Gasteiger partial charge in [0.05, 0.1) is 0 Å². The van der Waals surface area contributed by atoms with Gasteiger partial charge in [-0.1, -0.05) is 15.9 Å². The van der Waals surface area contributed by atoms with Crippen LogP contribution in [0, 0.1) is 0 Å². The van der Waals surface area contributed by atoms with Crippen molar-refractivity contribution in [2.24, 2.45) is 0 Å². The molecular formula is C7H16BBrN2O. The second-order valence-corrected chi connectivity index (χ2v) is 3.99. The molecule has 1 rings (SSSR count). The van der Waals surface area contributed by atoms with Crippen molar-refractivity contribution >= 4 is 23.0 Å². The van der Waals surface area contributed by atoms with Crippen LogP contribution in [0.5, 0.6) is 0 Å². The van der Waals surface area contributed by atoms with Gasteiger partial charge in [-0.2, -0.15) is 0 Å². The van der Waals surface area contributed by atoms with Gasteiger partial charge in [0.1, 0.15) is 0 Å². The molecule has 0 aliphatic carbocycles. The maximum absolute atomic E-state index is 9.29. The highest BCUT2D eigenvalue weighted by Crippen LogP contribution is 2.02. The van der Waals surface area contributed by atoms with Gasteiger partial charge in [-0.15, -0.1) is 0 Å². The van der Waals surface area contributed by atoms with E-state index >= 15 is 0 Å². The Balaban J connectivity index is 2.20. The minimum absolute atomic E-state index is 0.281. The predicted octanol–water partition coefficient (Wildman–Crippen LogP) is 0.109. The maximum atomic E-state index is 9.29. The third-order valence-corrected chi connectivity index (χ3v) is 2.69. The van der Waals surface area contributed by atoms with Gasteiger partial charge in [-0.3, -0.25) is 0 Å². The zero-order valence-electron chi connectivity index (χ0n) is 7.54. The molecule has 3 nitrogen and oxygen atoms in total. The molecule has 1 saturated heterocycles. The van der Waals surface area contributed by atoms with E-state index in [-0.39, 0.29) is 7.05 Å². The normalized spacial score (nSPS) is 21.2. The zero-order chi connectivity index (χ0) is 8.97. The minimum Gasteiger partial charge on any atom is -0.437 e. The van der Waals surface area contributed by atoms with Gasteiger partial charge in [-0.05, 0) is 6.82 Å². The van der Waals surface area contributed by atoms with E-state index < -0.39 is 0 Å². The topological polar surface area (TPSA) is 26.7 Å². The lowest BCUT2D eigenvalue weighted by Gasteiger charge is -2.34. The molecular weight excluding hydrogens is 219 g/mol. The highest BCUT2D eigenvalue weighted by atomic mass is 79.9. The molecule has 0 aromatic rings. The Morgan fingerprint density at radius 1 is 1.33 bits per heavy atom. The summed E-state index contributed by atoms with van der Waals surface area (Å²) in [7, 11) is -0.281. The van der Waals surface area contributed by atoms with E-state index in [0.717, 1.165) is 38.1 Å². The molecule has 12 heavy (non-hydrogen) atoms. The third kappa shape index (κ3) is 3.05. The highest BCUT2D eigenvalue weighted by molar-refractivity contribution is 9.09. The molecule has 1 heterocycles. The Labute approximate surface area is 83.0 Å². The Morgan fingerprint density at radius 2 is 1.92 bits per heavy atom. The van der Waals surface area contributed by atoms with Crippen molar-refractivity contribution in [3.8, 4) is 0 Å². The van der Waals surface area contributed by atoms with Gasteiger partial charge in [0, 0.05) is 38.1 Å². The lowest BCUT2D eigenvalue weighted by molar-refractivity contribution is 0.184. The van der Waals surface area contributed by atoms with Gasteiger partial charge in [0.25, 0.3) is 0 Å². The second-order valence-electron chi connectivity index (χ2n) is 3.20. The van der Waals surface area contributed by atoms with Crippen LogP contribution in [-0.4, -0.2) is 59.8 Å². The number of hydrogen-bond acceptors (Lipinski definition) is 3. The Morgan fingerprint density at radius 3 is 2.33 bits per heavy atom. The largest absolute Gasteiger partial charge is 0.437 e. The number of nitrogens with zero attached hydrogens (tertiary/aromatic N) is 2. The van der Waals surface area contributed by atoms with E-state index in [1.807, 2.05) is 6.82 Å². The van der Waals surface area contributed by atoms with Crippen LogP contribution in [0.1, 0.15) is 0 Å². The summed E-state index contributed by atoms with van der Waals surface area (Å²) in [6, 6.07) is 0. The van der Waals surface area contributed by atoms with Crippen molar-refractivity contribution in [1.82, 2.24) is 9.71 Å². The molecule has 0 amide bonds. The second kappa shape index (κ2) is 5.22. The van der Waals surface area contributed by atoms with Crippen molar-refractivity contribution in [2.45, 2.75) is 6.82 Å². The van der Waals surface area contributed by atoms with E-state index in [1.54, 1.807) is 0 Å². The highest BCUT2D eigenvalue weighted by Gasteiger charge is 2.21. The van der Waals surface area contributed by atoms with E-state index in [4.69, 9.17) is 0 Å². The van der Waals surface area contributed by atoms with E-state index in [1.165, 1.54) is 0 Å². The first-order valence-electron chi connectivity index (χ1n) is 4.44. The molecule has 0 spiro atoms. The molecule has 0 radical (unpaired) electrons. The first-order chi connectivity index (χ1) is 5.74. The Hall–Kier alpha value is 0.425. The van der Waals surface area contributed by atoms with Gasteiger partial charge >= 0.3 is 7.05 Å². The summed E-state index contributed by atoms with van der Waals surface area (Å²) in [5.41, 5.74) is 0. The lowest BCUT2D eigenvalue weighted by Crippen LogP contribution is -2.51. The Kier molecular flexibility index (Phi) is 4.57. The first-order valence-corrected chi connectivity index (χ1v) is 5.56. The van der Waals surface area contributed by atoms with Crippen LogP contribution in [0.4, 0.5) is 0 Å². The molecule has 0 atom stereocenters. The smallest absolute Gasteiger partial charge is 0.376 e. The zero-order valence-corrected chi connectivity index (χ0v) is 9.13. The van der Waals surface area contributed by atoms with Crippen LogP contribution in [0.2, 0.25) is 6.82 Å². The fraction of sp³-hybridized carbons (Fsp3) is 1.00. The average molecular weight is 235 g/mol. The molecule has 1 aliphatic heterocycles. The molecule has 0 unspecified atom stereocenters. The fourth-order valence-electron chi connectivity index (χ4n) is 1.48. The van der Waals surface area contributed by atoms with Crippen LogP contribution in [-0.2, 0) is 0 Å². The van der Waals surface area contributed by atoms with Crippen molar-refractivity contribution in [3.63, 3.8) is 0 Å². The standard InChI is InChI=1S/C7H16BBrN2O/c1-8(12)11-6-4-10(3-2-9)5-7-11/h12H,2-7H2,1H3. The number of hydrogen-bond donors (Lipinski definition) is 1. The van der Waals surface area contributed by atoms with Gasteiger partial charge < -0.3 is 14.7 Å². The molecule has 0 bridgehead atoms. The molecule has 0 saturated carbocycles. The summed E-state index contributed by atoms with van der Waals surface area (Å²) in [6.45, 7) is 7.09. The summed E-state index contributed by atoms with van der Waals surface area (Å²) in [4.78, 5) is 4.51. The third-order valence-electron chi connectivity index (χ3n) is 2.34. The molecule has 1 aliphatic rings. The predicted molar refractivity (Wildman–Crippen MR) is 55.6 cm³/mol. The van der Waals surface area contributed by atoms with Crippen molar-refractivity contribution in [3.05, 3.63) is 0 Å². The van der Waals surface area contributed by atoms with E-state index in [9.17, 15) is 5.02 Å². The molecule has 5 heteroatoms. The van der Waals surface area contributed by atoms with Crippen molar-refractivity contribution in [2.75, 3.05) is 38.1 Å². The Bertz CT molecular complexity index is 129. The van der Waals surface area contributed by atoms with Gasteiger partial charge in [0.15, 0.2) is 0 Å².